The Morgan fingerprint density at radius 2 is 2.19 bits per heavy atom. The van der Waals surface area contributed by atoms with E-state index < -0.39 is 0 Å². The Balaban J connectivity index is 2.00. The molecule has 0 bridgehead atoms. The van der Waals surface area contributed by atoms with Crippen molar-refractivity contribution in [2.75, 3.05) is 0 Å². The van der Waals surface area contributed by atoms with E-state index in [1.54, 1.807) is 6.07 Å². The number of benzene rings is 1. The summed E-state index contributed by atoms with van der Waals surface area (Å²) in [5.74, 6) is 0.528. The number of nitrogens with one attached hydrogen (secondary N) is 1. The predicted octanol–water partition coefficient (Wildman–Crippen LogP) is 2.96. The number of hydrogen-bond donors (Lipinski definition) is 3. The molecule has 0 aliphatic heterocycles. The third kappa shape index (κ3) is 2.71. The first-order chi connectivity index (χ1) is 10.1. The molecule has 0 saturated carbocycles. The third-order valence-electron chi connectivity index (χ3n) is 2.72. The molecule has 3 N–H and O–H groups in total. The molecule has 0 atom stereocenters. The van der Waals surface area contributed by atoms with Gasteiger partial charge in [0.15, 0.2) is 5.82 Å². The van der Waals surface area contributed by atoms with Gasteiger partial charge in [0.05, 0.1) is 11.1 Å². The number of phenols is 2. The Hall–Kier alpha value is -2.45. The van der Waals surface area contributed by atoms with Crippen molar-refractivity contribution in [1.82, 2.24) is 14.9 Å². The molecule has 0 unspecified atom stereocenters. The number of thiophene rings is 1. The van der Waals surface area contributed by atoms with Crippen LogP contribution in [0.2, 0.25) is 0 Å². The molecule has 2 aromatic heterocycles. The maximum Gasteiger partial charge on any atom is 0.216 e. The molecule has 3 aromatic rings. The Morgan fingerprint density at radius 3 is 2.90 bits per heavy atom. The van der Waals surface area contributed by atoms with Crippen LogP contribution in [0, 0.1) is 4.77 Å². The van der Waals surface area contributed by atoms with Crippen LogP contribution < -0.4 is 0 Å². The fourth-order valence-electron chi connectivity index (χ4n) is 1.73. The minimum Gasteiger partial charge on any atom is -0.508 e. The molecule has 106 valence electrons. The Kier molecular flexibility index (Phi) is 3.55. The molecular weight excluding hydrogens is 308 g/mol. The quantitative estimate of drug-likeness (QED) is 0.512. The molecule has 21 heavy (non-hydrogen) atoms. The highest BCUT2D eigenvalue weighted by molar-refractivity contribution is 7.71. The van der Waals surface area contributed by atoms with Gasteiger partial charge in [-0.25, -0.2) is 5.10 Å². The Bertz CT molecular complexity index is 849. The second kappa shape index (κ2) is 5.51. The van der Waals surface area contributed by atoms with Crippen LogP contribution in [0.5, 0.6) is 11.5 Å². The number of aromatic nitrogens is 3. The lowest BCUT2D eigenvalue weighted by atomic mass is 10.2. The minimum absolute atomic E-state index is 0.0103. The summed E-state index contributed by atoms with van der Waals surface area (Å²) in [4.78, 5) is 0.925. The van der Waals surface area contributed by atoms with Gasteiger partial charge in [-0.15, -0.1) is 11.3 Å². The molecule has 0 aliphatic rings. The number of phenolic OH excluding ortho intramolecular Hbond substituents is 2. The van der Waals surface area contributed by atoms with Gasteiger partial charge in [0.25, 0.3) is 0 Å². The molecule has 0 saturated heterocycles. The molecule has 8 heteroatoms. The maximum atomic E-state index is 9.73. The van der Waals surface area contributed by atoms with Gasteiger partial charge in [-0.1, -0.05) is 6.07 Å². The van der Waals surface area contributed by atoms with Gasteiger partial charge in [0.1, 0.15) is 11.5 Å². The number of aromatic amines is 1. The van der Waals surface area contributed by atoms with Gasteiger partial charge >= 0.3 is 0 Å². The van der Waals surface area contributed by atoms with Crippen molar-refractivity contribution < 1.29 is 10.2 Å². The van der Waals surface area contributed by atoms with E-state index in [1.165, 1.54) is 34.4 Å². The first-order valence-electron chi connectivity index (χ1n) is 5.93. The Morgan fingerprint density at radius 1 is 1.33 bits per heavy atom. The van der Waals surface area contributed by atoms with E-state index in [1.807, 2.05) is 17.5 Å². The SMILES string of the molecule is Oc1ccc(/C=N/n2c(-c3cccs3)n[nH]c2=S)c(O)c1. The summed E-state index contributed by atoms with van der Waals surface area (Å²) < 4.78 is 1.83. The first-order valence-corrected chi connectivity index (χ1v) is 7.21. The maximum absolute atomic E-state index is 9.73. The lowest BCUT2D eigenvalue weighted by Crippen LogP contribution is -1.94. The molecular formula is C13H10N4O2S2. The highest BCUT2D eigenvalue weighted by Crippen LogP contribution is 2.23. The summed E-state index contributed by atoms with van der Waals surface area (Å²) in [6.07, 6.45) is 1.46. The largest absolute Gasteiger partial charge is 0.508 e. The topological polar surface area (TPSA) is 86.4 Å². The fourth-order valence-corrected chi connectivity index (χ4v) is 2.60. The smallest absolute Gasteiger partial charge is 0.216 e. The van der Waals surface area contributed by atoms with E-state index in [2.05, 4.69) is 15.3 Å². The van der Waals surface area contributed by atoms with Crippen LogP contribution in [0.3, 0.4) is 0 Å². The highest BCUT2D eigenvalue weighted by Gasteiger charge is 2.09. The lowest BCUT2D eigenvalue weighted by Gasteiger charge is -2.00. The molecule has 2 heterocycles. The predicted molar refractivity (Wildman–Crippen MR) is 83.5 cm³/mol. The van der Waals surface area contributed by atoms with Crippen LogP contribution in [0.25, 0.3) is 10.7 Å². The van der Waals surface area contributed by atoms with Crippen molar-refractivity contribution in [2.24, 2.45) is 5.10 Å². The fraction of sp³-hybridized carbons (Fsp3) is 0. The van der Waals surface area contributed by atoms with Crippen LogP contribution in [0.15, 0.2) is 40.8 Å². The molecule has 6 nitrogen and oxygen atoms in total. The summed E-state index contributed by atoms with van der Waals surface area (Å²) in [5, 5.41) is 32.0. The average Bonchev–Trinajstić information content (AvgIpc) is 3.08. The van der Waals surface area contributed by atoms with Gasteiger partial charge in [0, 0.05) is 11.6 Å². The monoisotopic (exact) mass is 318 g/mol. The van der Waals surface area contributed by atoms with E-state index in [9.17, 15) is 10.2 Å². The lowest BCUT2D eigenvalue weighted by molar-refractivity contribution is 0.450. The standard InChI is InChI=1S/C13H10N4O2S2/c18-9-4-3-8(10(19)6-9)7-14-17-12(15-16-13(17)20)11-2-1-5-21-11/h1-7,18-19H,(H,16,20)/b14-7+. The van der Waals surface area contributed by atoms with E-state index in [4.69, 9.17) is 12.2 Å². The van der Waals surface area contributed by atoms with Crippen LogP contribution in [0.4, 0.5) is 0 Å². The molecule has 0 fully saturated rings. The number of hydrogen-bond acceptors (Lipinski definition) is 6. The third-order valence-corrected chi connectivity index (χ3v) is 3.85. The molecule has 0 amide bonds. The summed E-state index contributed by atoms with van der Waals surface area (Å²) >= 11 is 6.67. The van der Waals surface area contributed by atoms with E-state index in [0.717, 1.165) is 4.88 Å². The van der Waals surface area contributed by atoms with Crippen molar-refractivity contribution in [2.45, 2.75) is 0 Å². The second-order valence-electron chi connectivity index (χ2n) is 4.13. The van der Waals surface area contributed by atoms with Gasteiger partial charge in [-0.2, -0.15) is 14.9 Å². The van der Waals surface area contributed by atoms with Crippen molar-refractivity contribution in [1.29, 1.82) is 0 Å². The zero-order chi connectivity index (χ0) is 14.8. The molecule has 0 aliphatic carbocycles. The molecule has 3 rings (SSSR count). The number of aromatic hydroxyl groups is 2. The normalized spacial score (nSPS) is 11.2. The van der Waals surface area contributed by atoms with Crippen molar-refractivity contribution in [3.05, 3.63) is 46.0 Å². The van der Waals surface area contributed by atoms with E-state index >= 15 is 0 Å². The zero-order valence-corrected chi connectivity index (χ0v) is 12.2. The summed E-state index contributed by atoms with van der Waals surface area (Å²) in [6, 6.07) is 8.10. The van der Waals surface area contributed by atoms with Crippen LogP contribution in [-0.2, 0) is 0 Å². The number of H-pyrrole nitrogens is 1. The van der Waals surface area contributed by atoms with Crippen LogP contribution in [0.1, 0.15) is 5.56 Å². The highest BCUT2D eigenvalue weighted by atomic mass is 32.1. The molecule has 0 spiro atoms. The van der Waals surface area contributed by atoms with Crippen molar-refractivity contribution in [3.63, 3.8) is 0 Å². The summed E-state index contributed by atoms with van der Waals surface area (Å²) in [7, 11) is 0. The molecule has 0 radical (unpaired) electrons. The number of rotatable bonds is 3. The van der Waals surface area contributed by atoms with Crippen LogP contribution in [-0.4, -0.2) is 31.3 Å². The summed E-state index contributed by atoms with van der Waals surface area (Å²) in [6.45, 7) is 0. The van der Waals surface area contributed by atoms with Crippen molar-refractivity contribution in [3.8, 4) is 22.2 Å². The van der Waals surface area contributed by atoms with Crippen LogP contribution >= 0.6 is 23.6 Å². The van der Waals surface area contributed by atoms with Gasteiger partial charge in [0.2, 0.25) is 4.77 Å². The van der Waals surface area contributed by atoms with Gasteiger partial charge in [-0.05, 0) is 35.8 Å². The zero-order valence-electron chi connectivity index (χ0n) is 10.6. The summed E-state index contributed by atoms with van der Waals surface area (Å²) in [5.41, 5.74) is 0.466. The average molecular weight is 318 g/mol. The van der Waals surface area contributed by atoms with Gasteiger partial charge in [-0.3, -0.25) is 0 Å². The Labute approximate surface area is 128 Å². The minimum atomic E-state index is -0.0635. The molecule has 1 aromatic carbocycles. The van der Waals surface area contributed by atoms with E-state index in [0.29, 0.717) is 16.2 Å². The second-order valence-corrected chi connectivity index (χ2v) is 5.46. The first kappa shape index (κ1) is 13.5. The number of nitrogens with zero attached hydrogens (tertiary/aromatic N) is 3. The van der Waals surface area contributed by atoms with E-state index in [-0.39, 0.29) is 11.5 Å². The van der Waals surface area contributed by atoms with Crippen molar-refractivity contribution >= 4 is 29.8 Å². The van der Waals surface area contributed by atoms with Gasteiger partial charge < -0.3 is 10.2 Å².